The number of hydrogen-bond donors (Lipinski definition) is 2. The molecule has 0 aliphatic carbocycles. The Morgan fingerprint density at radius 1 is 1.23 bits per heavy atom. The quantitative estimate of drug-likeness (QED) is 0.267. The van der Waals surface area contributed by atoms with E-state index in [1.165, 1.54) is 5.56 Å². The monoisotopic (exact) mass is 592 g/mol. The van der Waals surface area contributed by atoms with Crippen LogP contribution in [0.2, 0.25) is 5.02 Å². The van der Waals surface area contributed by atoms with Crippen LogP contribution in [0.3, 0.4) is 0 Å². The Morgan fingerprint density at radius 2 is 1.98 bits per heavy atom. The van der Waals surface area contributed by atoms with Crippen LogP contribution in [0, 0.1) is 16.2 Å². The van der Waals surface area contributed by atoms with E-state index in [0.29, 0.717) is 17.1 Å². The topological polar surface area (TPSA) is 116 Å². The first-order valence-electron chi connectivity index (χ1n) is 13.0. The number of nitriles is 1. The molecule has 2 atom stereocenters. The zero-order valence-electron chi connectivity index (χ0n) is 21.8. The van der Waals surface area contributed by atoms with Crippen molar-refractivity contribution in [3.05, 3.63) is 98.0 Å². The van der Waals surface area contributed by atoms with Crippen molar-refractivity contribution in [1.82, 2.24) is 10.2 Å². The maximum atomic E-state index is 10.4. The SMILES string of the molecule is N#CC1=C(c2ccc(OCCN=O)cc2)C(=CN)C(SCC2=CSC(c3ccc(Cl)cc3)N2)N=C1N1CCCC1. The number of benzene rings is 2. The predicted octanol–water partition coefficient (Wildman–Crippen LogP) is 6.05. The van der Waals surface area contributed by atoms with Crippen molar-refractivity contribution >= 4 is 46.5 Å². The Hall–Kier alpha value is -3.39. The summed E-state index contributed by atoms with van der Waals surface area (Å²) in [7, 11) is 0. The highest BCUT2D eigenvalue weighted by atomic mass is 35.5. The van der Waals surface area contributed by atoms with Crippen LogP contribution in [0.4, 0.5) is 0 Å². The zero-order chi connectivity index (χ0) is 27.9. The second kappa shape index (κ2) is 13.3. The van der Waals surface area contributed by atoms with E-state index < -0.39 is 0 Å². The van der Waals surface area contributed by atoms with Gasteiger partial charge in [-0.1, -0.05) is 41.0 Å². The van der Waals surface area contributed by atoms with Gasteiger partial charge < -0.3 is 20.7 Å². The predicted molar refractivity (Wildman–Crippen MR) is 165 cm³/mol. The summed E-state index contributed by atoms with van der Waals surface area (Å²) in [6.45, 7) is 2.05. The summed E-state index contributed by atoms with van der Waals surface area (Å²) in [5.41, 5.74) is 11.5. The van der Waals surface area contributed by atoms with Crippen molar-refractivity contribution in [2.24, 2.45) is 15.9 Å². The molecule has 3 aliphatic rings. The number of hydrogen-bond acceptors (Lipinski definition) is 10. The summed E-state index contributed by atoms with van der Waals surface area (Å²) in [4.78, 5) is 17.7. The zero-order valence-corrected chi connectivity index (χ0v) is 24.1. The third-order valence-electron chi connectivity index (χ3n) is 6.79. The van der Waals surface area contributed by atoms with Gasteiger partial charge in [0.25, 0.3) is 0 Å². The van der Waals surface area contributed by atoms with E-state index in [1.54, 1.807) is 29.7 Å². The molecule has 8 nitrogen and oxygen atoms in total. The van der Waals surface area contributed by atoms with E-state index in [1.807, 2.05) is 48.5 Å². The average molecular weight is 593 g/mol. The number of amidine groups is 1. The van der Waals surface area contributed by atoms with Gasteiger partial charge in [-0.05, 0) is 53.6 Å². The number of nitrogens with two attached hydrogens (primary N) is 1. The van der Waals surface area contributed by atoms with Crippen LogP contribution in [0.5, 0.6) is 5.75 Å². The van der Waals surface area contributed by atoms with E-state index in [9.17, 15) is 10.2 Å². The number of nitrogens with one attached hydrogen (secondary N) is 1. The van der Waals surface area contributed by atoms with Crippen LogP contribution in [-0.2, 0) is 0 Å². The van der Waals surface area contributed by atoms with Gasteiger partial charge in [-0.15, -0.1) is 23.5 Å². The molecule has 5 rings (SSSR count). The number of halogens is 1. The lowest BCUT2D eigenvalue weighted by molar-refractivity contribution is 0.328. The van der Waals surface area contributed by atoms with E-state index in [-0.39, 0.29) is 23.9 Å². The minimum atomic E-state index is -0.274. The van der Waals surface area contributed by atoms with Crippen molar-refractivity contribution in [2.75, 3.05) is 32.0 Å². The Morgan fingerprint density at radius 3 is 2.65 bits per heavy atom. The number of rotatable bonds is 9. The molecule has 2 aromatic carbocycles. The smallest absolute Gasteiger partial charge is 0.143 e. The fourth-order valence-electron chi connectivity index (χ4n) is 4.85. The van der Waals surface area contributed by atoms with Gasteiger partial charge in [0, 0.05) is 46.9 Å². The molecular weight excluding hydrogens is 564 g/mol. The highest BCUT2D eigenvalue weighted by Crippen LogP contribution is 2.42. The molecule has 0 spiro atoms. The minimum Gasteiger partial charge on any atom is -0.492 e. The van der Waals surface area contributed by atoms with Gasteiger partial charge in [0.1, 0.15) is 47.1 Å². The first-order chi connectivity index (χ1) is 19.6. The standard InChI is InChI=1S/C29H29ClN6O2S2/c30-21-7-3-20(4-8-21)28-34-22(17-39-28)18-40-29-25(16-32)26(19-5-9-23(10-6-19)38-14-11-33-37)24(15-31)27(35-29)36-12-1-2-13-36/h3-10,16-17,28-29,34H,1-2,11-14,18,32H2. The van der Waals surface area contributed by atoms with E-state index >= 15 is 0 Å². The molecular formula is C29H29ClN6O2S2. The number of thioether (sulfide) groups is 2. The van der Waals surface area contributed by atoms with Crippen molar-refractivity contribution in [3.8, 4) is 11.8 Å². The second-order valence-corrected chi connectivity index (χ2v) is 11.9. The lowest BCUT2D eigenvalue weighted by Gasteiger charge is -2.30. The van der Waals surface area contributed by atoms with Gasteiger partial charge in [0.05, 0.1) is 0 Å². The molecule has 0 aromatic heterocycles. The Bertz CT molecular complexity index is 1390. The number of dihydropyridines is 1. The molecule has 3 N–H and O–H groups in total. The summed E-state index contributed by atoms with van der Waals surface area (Å²) in [5.74, 6) is 2.08. The molecule has 2 unspecified atom stereocenters. The number of aliphatic imine (C=N–C) groups is 1. The molecule has 0 amide bonds. The molecule has 1 fully saturated rings. The fourth-order valence-corrected chi connectivity index (χ4v) is 7.12. The molecule has 3 heterocycles. The Kier molecular flexibility index (Phi) is 9.37. The van der Waals surface area contributed by atoms with Gasteiger partial charge in [0.15, 0.2) is 0 Å². The summed E-state index contributed by atoms with van der Waals surface area (Å²) < 4.78 is 5.59. The van der Waals surface area contributed by atoms with Gasteiger partial charge in [0.2, 0.25) is 0 Å². The lowest BCUT2D eigenvalue weighted by atomic mass is 9.90. The highest BCUT2D eigenvalue weighted by molar-refractivity contribution is 8.03. The molecule has 0 bridgehead atoms. The first-order valence-corrected chi connectivity index (χ1v) is 15.4. The molecule has 11 heteroatoms. The molecule has 1 saturated heterocycles. The van der Waals surface area contributed by atoms with Gasteiger partial charge in [-0.3, -0.25) is 0 Å². The molecule has 40 heavy (non-hydrogen) atoms. The maximum Gasteiger partial charge on any atom is 0.143 e. The minimum absolute atomic E-state index is 0.0876. The molecule has 2 aromatic rings. The molecule has 0 saturated carbocycles. The lowest BCUT2D eigenvalue weighted by Crippen LogP contribution is -2.34. The molecule has 206 valence electrons. The van der Waals surface area contributed by atoms with Crippen LogP contribution in [0.15, 0.2) is 87.2 Å². The highest BCUT2D eigenvalue weighted by Gasteiger charge is 2.33. The van der Waals surface area contributed by atoms with Gasteiger partial charge in [-0.25, -0.2) is 4.99 Å². The normalized spacial score (nSPS) is 21.6. The van der Waals surface area contributed by atoms with Crippen LogP contribution in [-0.4, -0.2) is 48.1 Å². The number of nitrogens with zero attached hydrogens (tertiary/aromatic N) is 4. The van der Waals surface area contributed by atoms with Crippen molar-refractivity contribution in [1.29, 1.82) is 5.26 Å². The Balaban J connectivity index is 1.38. The van der Waals surface area contributed by atoms with Gasteiger partial charge in [-0.2, -0.15) is 10.2 Å². The van der Waals surface area contributed by atoms with Crippen LogP contribution < -0.4 is 15.8 Å². The summed E-state index contributed by atoms with van der Waals surface area (Å²) in [5, 5.41) is 19.5. The maximum absolute atomic E-state index is 10.4. The van der Waals surface area contributed by atoms with E-state index in [2.05, 4.69) is 26.9 Å². The van der Waals surface area contributed by atoms with Crippen molar-refractivity contribution in [3.63, 3.8) is 0 Å². The number of ether oxygens (including phenoxy) is 1. The first kappa shape index (κ1) is 28.1. The third-order valence-corrected chi connectivity index (χ3v) is 9.28. The third kappa shape index (κ3) is 6.33. The van der Waals surface area contributed by atoms with Crippen molar-refractivity contribution in [2.45, 2.75) is 23.6 Å². The average Bonchev–Trinajstić information content (AvgIpc) is 3.69. The number of nitroso groups, excluding NO2 is 1. The van der Waals surface area contributed by atoms with Crippen LogP contribution in [0.1, 0.15) is 29.3 Å². The Labute approximate surface area is 247 Å². The fraction of sp³-hybridized carbons (Fsp3) is 0.310. The molecule has 3 aliphatic heterocycles. The van der Waals surface area contributed by atoms with Gasteiger partial charge >= 0.3 is 0 Å². The van der Waals surface area contributed by atoms with Crippen LogP contribution >= 0.6 is 35.1 Å². The summed E-state index contributed by atoms with van der Waals surface area (Å²) in [6, 6.07) is 17.8. The van der Waals surface area contributed by atoms with Crippen molar-refractivity contribution < 1.29 is 4.74 Å². The second-order valence-electron chi connectivity index (χ2n) is 9.37. The largest absolute Gasteiger partial charge is 0.492 e. The van der Waals surface area contributed by atoms with E-state index in [4.69, 9.17) is 27.1 Å². The van der Waals surface area contributed by atoms with E-state index in [0.717, 1.165) is 59.2 Å². The number of likely N-dealkylation sites (tertiary alicyclic amines) is 1. The van der Waals surface area contributed by atoms with Crippen LogP contribution in [0.25, 0.3) is 5.57 Å². The summed E-state index contributed by atoms with van der Waals surface area (Å²) >= 11 is 9.47. The molecule has 0 radical (unpaired) electrons. The summed E-state index contributed by atoms with van der Waals surface area (Å²) in [6.07, 6.45) is 3.73.